The summed E-state index contributed by atoms with van der Waals surface area (Å²) in [5.74, 6) is -0.315. The lowest BCUT2D eigenvalue weighted by molar-refractivity contribution is -0.363. The average Bonchev–Trinajstić information content (AvgIpc) is 3.18. The van der Waals surface area contributed by atoms with Crippen LogP contribution >= 0.6 is 0 Å². The lowest BCUT2D eigenvalue weighted by Crippen LogP contribution is -2.65. The maximum absolute atomic E-state index is 14.3. The largest absolute Gasteiger partial charge is 0.432 e. The summed E-state index contributed by atoms with van der Waals surface area (Å²) in [6.45, 7) is 6.98. The van der Waals surface area contributed by atoms with Crippen LogP contribution in [0.3, 0.4) is 0 Å². The molecule has 2 bridgehead atoms. The number of aliphatic hydroxyl groups is 8. The van der Waals surface area contributed by atoms with Crippen molar-refractivity contribution in [2.45, 2.75) is 139 Å². The number of hydrogen-bond donors (Lipinski definition) is 8. The topological polar surface area (TPSA) is 216 Å². The van der Waals surface area contributed by atoms with Crippen molar-refractivity contribution in [2.24, 2.45) is 28.1 Å². The number of carbonyl (C=O) groups excluding carboxylic acids is 1. The second-order valence-electron chi connectivity index (χ2n) is 15.2. The quantitative estimate of drug-likeness (QED) is 0.132. The minimum atomic E-state index is -1.81. The highest BCUT2D eigenvalue weighted by Gasteiger charge is 2.68. The second kappa shape index (κ2) is 11.7. The highest BCUT2D eigenvalue weighted by molar-refractivity contribution is 5.77. The second-order valence-corrected chi connectivity index (χ2v) is 15.2. The van der Waals surface area contributed by atoms with Crippen LogP contribution in [0.5, 0.6) is 0 Å². The first-order chi connectivity index (χ1) is 21.1. The third kappa shape index (κ3) is 5.13. The van der Waals surface area contributed by atoms with Crippen molar-refractivity contribution in [2.75, 3.05) is 13.2 Å². The highest BCUT2D eigenvalue weighted by atomic mass is 16.8. The van der Waals surface area contributed by atoms with E-state index in [-0.39, 0.29) is 16.7 Å². The summed E-state index contributed by atoms with van der Waals surface area (Å²) in [6.07, 6.45) is -9.28. The molecule has 0 aromatic rings. The Morgan fingerprint density at radius 1 is 0.844 bits per heavy atom. The number of hydrogen-bond acceptors (Lipinski definition) is 13. The van der Waals surface area contributed by atoms with E-state index >= 15 is 0 Å². The Morgan fingerprint density at radius 2 is 1.47 bits per heavy atom. The van der Waals surface area contributed by atoms with Crippen molar-refractivity contribution in [3.05, 3.63) is 12.2 Å². The first-order valence-electron chi connectivity index (χ1n) is 16.3. The number of fused-ring (bicyclic) bond motifs is 3. The van der Waals surface area contributed by atoms with Gasteiger partial charge in [-0.15, -0.1) is 0 Å². The molecule has 4 saturated carbocycles. The van der Waals surface area contributed by atoms with Gasteiger partial charge in [-0.05, 0) is 86.5 Å². The summed E-state index contributed by atoms with van der Waals surface area (Å²) in [5, 5.41) is 83.3. The van der Waals surface area contributed by atoms with E-state index in [1.165, 1.54) is 0 Å². The van der Waals surface area contributed by atoms with Gasteiger partial charge in [-0.2, -0.15) is 0 Å². The molecule has 0 aromatic carbocycles. The van der Waals surface area contributed by atoms with Gasteiger partial charge in [-0.1, -0.05) is 19.9 Å². The third-order valence-electron chi connectivity index (χ3n) is 12.8. The first-order valence-corrected chi connectivity index (χ1v) is 16.3. The van der Waals surface area contributed by atoms with E-state index in [1.54, 1.807) is 0 Å². The third-order valence-corrected chi connectivity index (χ3v) is 12.8. The molecule has 1 spiro atoms. The maximum atomic E-state index is 14.3. The lowest BCUT2D eigenvalue weighted by Gasteiger charge is -2.64. The summed E-state index contributed by atoms with van der Waals surface area (Å²) in [7, 11) is 0. The standard InChI is InChI=1S/C32H50O13/c1-15-11-31-9-5-18-29(2,19(31)6-10-32(15,41)14-31)7-4-8-30(18,3)28(40)45-27-25(23(38)21(36)17(13-34)43-27)44-26-24(39)22(37)20(35)16(12-33)42-26/h16-27,33-39,41H,1,4-14H2,2-3H3/t16-,17-,18+,19+,20-,21-,22+,23+,24-,25-,26+,27+,29-,30-,31-,32+/m1/s1. The van der Waals surface area contributed by atoms with Crippen LogP contribution in [0.15, 0.2) is 12.2 Å². The molecule has 8 N–H and O–H groups in total. The normalized spacial score (nSPS) is 54.7. The Morgan fingerprint density at radius 3 is 2.13 bits per heavy atom. The van der Waals surface area contributed by atoms with Crippen LogP contribution in [0.25, 0.3) is 0 Å². The first kappa shape index (κ1) is 33.7. The van der Waals surface area contributed by atoms with Crippen molar-refractivity contribution in [3.63, 3.8) is 0 Å². The van der Waals surface area contributed by atoms with Crippen molar-refractivity contribution >= 4 is 5.97 Å². The molecule has 0 aromatic heterocycles. The molecule has 0 radical (unpaired) electrons. The average molecular weight is 643 g/mol. The molecule has 2 heterocycles. The zero-order chi connectivity index (χ0) is 32.7. The summed E-state index contributed by atoms with van der Waals surface area (Å²) in [5.41, 5.74) is -1.06. The van der Waals surface area contributed by atoms with Gasteiger partial charge in [0.1, 0.15) is 42.7 Å². The van der Waals surface area contributed by atoms with Gasteiger partial charge in [0, 0.05) is 0 Å². The van der Waals surface area contributed by atoms with Gasteiger partial charge in [0.15, 0.2) is 12.4 Å². The fraction of sp³-hybridized carbons (Fsp3) is 0.906. The van der Waals surface area contributed by atoms with Gasteiger partial charge in [0.2, 0.25) is 6.29 Å². The van der Waals surface area contributed by atoms with Gasteiger partial charge in [0.25, 0.3) is 0 Å². The van der Waals surface area contributed by atoms with E-state index in [0.29, 0.717) is 25.2 Å². The lowest BCUT2D eigenvalue weighted by atomic mass is 9.41. The number of ether oxygens (including phenoxy) is 4. The molecule has 0 unspecified atom stereocenters. The van der Waals surface area contributed by atoms with Crippen molar-refractivity contribution in [1.82, 2.24) is 0 Å². The van der Waals surface area contributed by atoms with Gasteiger partial charge in [0.05, 0.1) is 24.2 Å². The fourth-order valence-electron chi connectivity index (χ4n) is 10.5. The molecule has 0 amide bonds. The van der Waals surface area contributed by atoms with E-state index < -0.39 is 91.6 Å². The number of rotatable bonds is 6. The summed E-state index contributed by atoms with van der Waals surface area (Å²) < 4.78 is 22.9. The molecular weight excluding hydrogens is 592 g/mol. The number of aliphatic hydroxyl groups excluding tert-OH is 7. The molecule has 16 atom stereocenters. The SMILES string of the molecule is C=C1C[C@@]23CC[C@H]4[C@@](C)(CCC[C@@]4(C)C(=O)O[C@@H]4O[C@H](CO)[C@@H](O)[C@H](O)[C@H]4O[C@@H]4O[C@H](CO)[C@@H](O)[C@H](O)[C@H]4O)[C@@H]2CC[C@]1(O)C3. The van der Waals surface area contributed by atoms with Crippen molar-refractivity contribution in [3.8, 4) is 0 Å². The molecule has 13 heteroatoms. The molecule has 6 aliphatic rings. The minimum Gasteiger partial charge on any atom is -0.432 e. The molecule has 2 aliphatic heterocycles. The molecule has 4 aliphatic carbocycles. The minimum absolute atomic E-state index is 0.0388. The molecular formula is C32H50O13. The van der Waals surface area contributed by atoms with E-state index in [0.717, 1.165) is 44.1 Å². The van der Waals surface area contributed by atoms with Crippen LogP contribution in [-0.2, 0) is 23.7 Å². The summed E-state index contributed by atoms with van der Waals surface area (Å²) >= 11 is 0. The van der Waals surface area contributed by atoms with Crippen LogP contribution in [0.2, 0.25) is 0 Å². The van der Waals surface area contributed by atoms with Crippen LogP contribution in [0.4, 0.5) is 0 Å². The van der Waals surface area contributed by atoms with Gasteiger partial charge >= 0.3 is 5.97 Å². The number of carbonyl (C=O) groups is 1. The molecule has 6 rings (SSSR count). The molecule has 2 saturated heterocycles. The predicted molar refractivity (Wildman–Crippen MR) is 154 cm³/mol. The Kier molecular flexibility index (Phi) is 8.77. The maximum Gasteiger partial charge on any atom is 0.314 e. The van der Waals surface area contributed by atoms with Gasteiger partial charge in [-0.25, -0.2) is 0 Å². The zero-order valence-corrected chi connectivity index (χ0v) is 26.0. The van der Waals surface area contributed by atoms with E-state index in [9.17, 15) is 45.6 Å². The molecule has 6 fully saturated rings. The Balaban J connectivity index is 1.24. The highest BCUT2D eigenvalue weighted by Crippen LogP contribution is 2.73. The Hall–Kier alpha value is -1.23. The van der Waals surface area contributed by atoms with Gasteiger partial charge in [-0.3, -0.25) is 4.79 Å². The fourth-order valence-corrected chi connectivity index (χ4v) is 10.5. The van der Waals surface area contributed by atoms with Crippen molar-refractivity contribution in [1.29, 1.82) is 0 Å². The Bertz CT molecular complexity index is 1150. The van der Waals surface area contributed by atoms with Crippen LogP contribution in [0.1, 0.15) is 71.6 Å². The van der Waals surface area contributed by atoms with E-state index in [1.807, 2.05) is 6.92 Å². The van der Waals surface area contributed by atoms with Crippen molar-refractivity contribution < 1.29 is 64.6 Å². The summed E-state index contributed by atoms with van der Waals surface area (Å²) in [4.78, 5) is 14.3. The molecule has 45 heavy (non-hydrogen) atoms. The van der Waals surface area contributed by atoms with Crippen LogP contribution in [0, 0.1) is 28.1 Å². The zero-order valence-electron chi connectivity index (χ0n) is 26.0. The number of esters is 1. The Labute approximate surface area is 262 Å². The van der Waals surface area contributed by atoms with Gasteiger partial charge < -0.3 is 59.8 Å². The summed E-state index contributed by atoms with van der Waals surface area (Å²) in [6, 6.07) is 0. The monoisotopic (exact) mass is 642 g/mol. The smallest absolute Gasteiger partial charge is 0.314 e. The predicted octanol–water partition coefficient (Wildman–Crippen LogP) is -0.762. The van der Waals surface area contributed by atoms with E-state index in [4.69, 9.17) is 18.9 Å². The van der Waals surface area contributed by atoms with E-state index in [2.05, 4.69) is 13.5 Å². The van der Waals surface area contributed by atoms with Crippen LogP contribution < -0.4 is 0 Å². The molecule has 256 valence electrons. The molecule has 13 nitrogen and oxygen atoms in total. The van der Waals surface area contributed by atoms with Crippen LogP contribution in [-0.4, -0.2) is 127 Å².